The zero-order valence-electron chi connectivity index (χ0n) is 14.4. The fourth-order valence-corrected chi connectivity index (χ4v) is 3.31. The summed E-state index contributed by atoms with van der Waals surface area (Å²) in [6, 6.07) is 16.5. The standard InChI is InChI=1S/C21H21N3O/c1-25-18-10-11-19-16(13-18)14-22-21(24-19)20-9-5-8-17(23-20)12-15-6-3-2-4-7-15/h2-9,14,18H,10-13H2,1H3/t18-/m1/s1. The SMILES string of the molecule is CO[C@@H]1CCc2nc(-c3cccc(Cc4ccccc4)n3)ncc2C1. The molecule has 1 aliphatic carbocycles. The van der Waals surface area contributed by atoms with E-state index < -0.39 is 0 Å². The predicted molar refractivity (Wildman–Crippen MR) is 97.3 cm³/mol. The molecule has 126 valence electrons. The van der Waals surface area contributed by atoms with E-state index in [9.17, 15) is 0 Å². The van der Waals surface area contributed by atoms with E-state index in [-0.39, 0.29) is 6.10 Å². The summed E-state index contributed by atoms with van der Waals surface area (Å²) in [4.78, 5) is 14.1. The Bertz CT molecular complexity index is 864. The summed E-state index contributed by atoms with van der Waals surface area (Å²) in [7, 11) is 1.77. The van der Waals surface area contributed by atoms with Crippen molar-refractivity contribution in [3.63, 3.8) is 0 Å². The van der Waals surface area contributed by atoms with Gasteiger partial charge in [-0.3, -0.25) is 0 Å². The van der Waals surface area contributed by atoms with Crippen LogP contribution >= 0.6 is 0 Å². The molecule has 2 heterocycles. The molecule has 4 heteroatoms. The summed E-state index contributed by atoms with van der Waals surface area (Å²) in [5, 5.41) is 0. The van der Waals surface area contributed by atoms with Crippen LogP contribution in [0.3, 0.4) is 0 Å². The average Bonchev–Trinajstić information content (AvgIpc) is 2.68. The summed E-state index contributed by atoms with van der Waals surface area (Å²) in [5.41, 5.74) is 5.45. The van der Waals surface area contributed by atoms with Gasteiger partial charge in [-0.15, -0.1) is 0 Å². The lowest BCUT2D eigenvalue weighted by Crippen LogP contribution is -2.22. The van der Waals surface area contributed by atoms with E-state index >= 15 is 0 Å². The number of hydrogen-bond acceptors (Lipinski definition) is 4. The molecule has 2 aromatic heterocycles. The first kappa shape index (κ1) is 15.9. The van der Waals surface area contributed by atoms with Crippen molar-refractivity contribution in [1.82, 2.24) is 15.0 Å². The fourth-order valence-electron chi connectivity index (χ4n) is 3.31. The van der Waals surface area contributed by atoms with Gasteiger partial charge in [0.15, 0.2) is 5.82 Å². The summed E-state index contributed by atoms with van der Waals surface area (Å²) in [6.07, 6.45) is 5.89. The lowest BCUT2D eigenvalue weighted by molar-refractivity contribution is 0.0904. The van der Waals surface area contributed by atoms with Gasteiger partial charge in [-0.05, 0) is 36.1 Å². The van der Waals surface area contributed by atoms with E-state index in [1.165, 1.54) is 11.1 Å². The number of aryl methyl sites for hydroxylation is 1. The topological polar surface area (TPSA) is 47.9 Å². The Hall–Kier alpha value is -2.59. The van der Waals surface area contributed by atoms with Crippen molar-refractivity contribution in [2.75, 3.05) is 7.11 Å². The minimum absolute atomic E-state index is 0.286. The minimum atomic E-state index is 0.286. The number of rotatable bonds is 4. The van der Waals surface area contributed by atoms with Crippen LogP contribution in [-0.4, -0.2) is 28.2 Å². The molecule has 0 saturated heterocycles. The van der Waals surface area contributed by atoms with Crippen LogP contribution in [0, 0.1) is 0 Å². The molecule has 4 nitrogen and oxygen atoms in total. The van der Waals surface area contributed by atoms with Crippen molar-refractivity contribution in [2.24, 2.45) is 0 Å². The van der Waals surface area contributed by atoms with Gasteiger partial charge in [0, 0.05) is 37.5 Å². The molecular formula is C21H21N3O. The molecule has 1 aromatic carbocycles. The number of pyridine rings is 1. The summed E-state index contributed by atoms with van der Waals surface area (Å²) >= 11 is 0. The highest BCUT2D eigenvalue weighted by atomic mass is 16.5. The van der Waals surface area contributed by atoms with Crippen LogP contribution in [0.2, 0.25) is 0 Å². The van der Waals surface area contributed by atoms with Crippen molar-refractivity contribution in [3.8, 4) is 11.5 Å². The molecule has 1 atom stereocenters. The molecule has 1 aliphatic rings. The predicted octanol–water partition coefficient (Wildman–Crippen LogP) is 3.63. The Labute approximate surface area is 148 Å². The molecule has 0 bridgehead atoms. The lowest BCUT2D eigenvalue weighted by atomic mass is 9.95. The number of methoxy groups -OCH3 is 1. The highest BCUT2D eigenvalue weighted by Crippen LogP contribution is 2.23. The van der Waals surface area contributed by atoms with Crippen molar-refractivity contribution < 1.29 is 4.74 Å². The molecule has 0 N–H and O–H groups in total. The number of benzene rings is 1. The molecule has 0 unspecified atom stereocenters. The van der Waals surface area contributed by atoms with Gasteiger partial charge in [0.25, 0.3) is 0 Å². The van der Waals surface area contributed by atoms with Gasteiger partial charge in [0.05, 0.1) is 6.10 Å². The highest BCUT2D eigenvalue weighted by Gasteiger charge is 2.20. The van der Waals surface area contributed by atoms with Crippen molar-refractivity contribution in [1.29, 1.82) is 0 Å². The van der Waals surface area contributed by atoms with E-state index in [4.69, 9.17) is 14.7 Å². The van der Waals surface area contributed by atoms with Gasteiger partial charge in [-0.2, -0.15) is 0 Å². The Kier molecular flexibility index (Phi) is 4.53. The lowest BCUT2D eigenvalue weighted by Gasteiger charge is -2.22. The van der Waals surface area contributed by atoms with Crippen molar-refractivity contribution in [3.05, 3.63) is 77.2 Å². The van der Waals surface area contributed by atoms with Crippen LogP contribution in [0.15, 0.2) is 54.7 Å². The summed E-state index contributed by atoms with van der Waals surface area (Å²) < 4.78 is 5.47. The number of ether oxygens (including phenoxy) is 1. The van der Waals surface area contributed by atoms with Crippen LogP contribution in [0.1, 0.15) is 28.9 Å². The van der Waals surface area contributed by atoms with E-state index in [2.05, 4.69) is 35.3 Å². The third-order valence-corrected chi connectivity index (χ3v) is 4.70. The maximum atomic E-state index is 5.47. The quantitative estimate of drug-likeness (QED) is 0.732. The molecule has 0 saturated carbocycles. The maximum Gasteiger partial charge on any atom is 0.178 e. The molecule has 0 fully saturated rings. The first-order valence-corrected chi connectivity index (χ1v) is 8.69. The molecule has 0 radical (unpaired) electrons. The van der Waals surface area contributed by atoms with Crippen LogP contribution in [0.4, 0.5) is 0 Å². The van der Waals surface area contributed by atoms with Crippen LogP contribution in [-0.2, 0) is 24.0 Å². The number of nitrogens with zero attached hydrogens (tertiary/aromatic N) is 3. The van der Waals surface area contributed by atoms with Gasteiger partial charge >= 0.3 is 0 Å². The fraction of sp³-hybridized carbons (Fsp3) is 0.286. The third-order valence-electron chi connectivity index (χ3n) is 4.70. The second-order valence-corrected chi connectivity index (χ2v) is 6.44. The first-order valence-electron chi connectivity index (χ1n) is 8.69. The Morgan fingerprint density at radius 2 is 1.92 bits per heavy atom. The first-order chi connectivity index (χ1) is 12.3. The molecule has 4 rings (SSSR count). The molecule has 25 heavy (non-hydrogen) atoms. The van der Waals surface area contributed by atoms with Crippen LogP contribution < -0.4 is 0 Å². The Morgan fingerprint density at radius 1 is 1.04 bits per heavy atom. The van der Waals surface area contributed by atoms with Crippen LogP contribution in [0.5, 0.6) is 0 Å². The normalized spacial score (nSPS) is 16.4. The third kappa shape index (κ3) is 3.59. The largest absolute Gasteiger partial charge is 0.381 e. The van der Waals surface area contributed by atoms with E-state index in [1.54, 1.807) is 7.11 Å². The molecular weight excluding hydrogens is 310 g/mol. The van der Waals surface area contributed by atoms with Crippen LogP contribution in [0.25, 0.3) is 11.5 Å². The molecule has 0 aliphatic heterocycles. The zero-order valence-corrected chi connectivity index (χ0v) is 14.4. The average molecular weight is 331 g/mol. The Morgan fingerprint density at radius 3 is 2.76 bits per heavy atom. The number of hydrogen-bond donors (Lipinski definition) is 0. The molecule has 0 amide bonds. The van der Waals surface area contributed by atoms with Gasteiger partial charge in [-0.1, -0.05) is 36.4 Å². The number of aromatic nitrogens is 3. The number of fused-ring (bicyclic) bond motifs is 1. The Balaban J connectivity index is 1.59. The van der Waals surface area contributed by atoms with E-state index in [1.807, 2.05) is 24.4 Å². The van der Waals surface area contributed by atoms with Gasteiger partial charge < -0.3 is 4.74 Å². The highest BCUT2D eigenvalue weighted by molar-refractivity contribution is 5.50. The van der Waals surface area contributed by atoms with Gasteiger partial charge in [-0.25, -0.2) is 15.0 Å². The monoisotopic (exact) mass is 331 g/mol. The van der Waals surface area contributed by atoms with E-state index in [0.717, 1.165) is 42.8 Å². The molecule has 3 aromatic rings. The smallest absolute Gasteiger partial charge is 0.178 e. The summed E-state index contributed by atoms with van der Waals surface area (Å²) in [6.45, 7) is 0. The van der Waals surface area contributed by atoms with Crippen molar-refractivity contribution >= 4 is 0 Å². The molecule has 0 spiro atoms. The second kappa shape index (κ2) is 7.11. The zero-order chi connectivity index (χ0) is 17.1. The van der Waals surface area contributed by atoms with Crippen molar-refractivity contribution in [2.45, 2.75) is 31.8 Å². The second-order valence-electron chi connectivity index (χ2n) is 6.44. The maximum absolute atomic E-state index is 5.47. The van der Waals surface area contributed by atoms with Gasteiger partial charge in [0.1, 0.15) is 5.69 Å². The summed E-state index contributed by atoms with van der Waals surface area (Å²) in [5.74, 6) is 0.713. The van der Waals surface area contributed by atoms with E-state index in [0.29, 0.717) is 5.82 Å². The van der Waals surface area contributed by atoms with Gasteiger partial charge in [0.2, 0.25) is 0 Å². The minimum Gasteiger partial charge on any atom is -0.381 e.